The van der Waals surface area contributed by atoms with Gasteiger partial charge < -0.3 is 20.1 Å². The minimum Gasteiger partial charge on any atom is -0.480 e. The van der Waals surface area contributed by atoms with Crippen molar-refractivity contribution in [3.63, 3.8) is 0 Å². The van der Waals surface area contributed by atoms with Crippen LogP contribution in [-0.4, -0.2) is 61.3 Å². The zero-order chi connectivity index (χ0) is 12.8. The number of carbonyl (C=O) groups excluding carboxylic acids is 1. The molecule has 0 saturated heterocycles. The molecule has 0 fully saturated rings. The summed E-state index contributed by atoms with van der Waals surface area (Å²) in [6.07, 6.45) is 0. The molecular weight excluding hydrogens is 212 g/mol. The van der Waals surface area contributed by atoms with E-state index in [1.54, 1.807) is 0 Å². The number of ether oxygens (including phenoxy) is 1. The van der Waals surface area contributed by atoms with E-state index in [9.17, 15) is 9.59 Å². The van der Waals surface area contributed by atoms with Gasteiger partial charge in [0.25, 0.3) is 0 Å². The molecule has 0 spiro atoms. The van der Waals surface area contributed by atoms with Gasteiger partial charge in [0.2, 0.25) is 5.91 Å². The topological polar surface area (TPSA) is 78.9 Å². The van der Waals surface area contributed by atoms with Crippen molar-refractivity contribution >= 4 is 11.9 Å². The normalized spacial score (nSPS) is 11.6. The Labute approximate surface area is 95.6 Å². The van der Waals surface area contributed by atoms with Gasteiger partial charge in [-0.05, 0) is 27.9 Å². The Morgan fingerprint density at radius 2 is 1.88 bits per heavy atom. The maximum Gasteiger partial charge on any atom is 0.329 e. The van der Waals surface area contributed by atoms with Crippen LogP contribution in [0.5, 0.6) is 0 Å². The van der Waals surface area contributed by atoms with Crippen LogP contribution in [0.3, 0.4) is 0 Å². The van der Waals surface area contributed by atoms with Crippen LogP contribution in [0.1, 0.15) is 13.8 Å². The highest BCUT2D eigenvalue weighted by Crippen LogP contribution is 2.07. The van der Waals surface area contributed by atoms with Gasteiger partial charge in [0.1, 0.15) is 13.2 Å². The molecule has 94 valence electrons. The van der Waals surface area contributed by atoms with Crippen LogP contribution in [0.2, 0.25) is 0 Å². The summed E-state index contributed by atoms with van der Waals surface area (Å²) in [5, 5.41) is 11.0. The molecule has 0 atom stereocenters. The van der Waals surface area contributed by atoms with E-state index in [0.29, 0.717) is 6.54 Å². The molecule has 0 aromatic rings. The molecule has 0 aromatic heterocycles. The number of carboxylic acids is 1. The zero-order valence-electron chi connectivity index (χ0n) is 10.2. The molecule has 6 heteroatoms. The van der Waals surface area contributed by atoms with E-state index in [1.807, 2.05) is 32.8 Å². The van der Waals surface area contributed by atoms with Crippen LogP contribution in [0.4, 0.5) is 0 Å². The molecule has 0 heterocycles. The third-order valence-electron chi connectivity index (χ3n) is 2.39. The highest BCUT2D eigenvalue weighted by Gasteiger charge is 2.20. The second-order valence-electron chi connectivity index (χ2n) is 4.37. The monoisotopic (exact) mass is 232 g/mol. The number of hydrogen-bond acceptors (Lipinski definition) is 4. The van der Waals surface area contributed by atoms with E-state index in [2.05, 4.69) is 10.1 Å². The molecular formula is C10H20N2O4. The lowest BCUT2D eigenvalue weighted by Gasteiger charge is -2.32. The summed E-state index contributed by atoms with van der Waals surface area (Å²) in [6.45, 7) is 3.78. The molecule has 0 aliphatic carbocycles. The quantitative estimate of drug-likeness (QED) is 0.621. The minimum absolute atomic E-state index is 0.150. The Balaban J connectivity index is 3.77. The molecule has 0 aliphatic rings. The molecule has 0 aliphatic heterocycles. The molecule has 2 N–H and O–H groups in total. The molecule has 0 aromatic carbocycles. The highest BCUT2D eigenvalue weighted by atomic mass is 16.5. The van der Waals surface area contributed by atoms with Crippen molar-refractivity contribution in [2.75, 3.05) is 33.9 Å². The van der Waals surface area contributed by atoms with Crippen LogP contribution < -0.4 is 5.32 Å². The van der Waals surface area contributed by atoms with E-state index >= 15 is 0 Å². The molecule has 1 amide bonds. The highest BCUT2D eigenvalue weighted by molar-refractivity contribution is 5.77. The number of aliphatic carboxylic acids is 1. The van der Waals surface area contributed by atoms with Gasteiger partial charge >= 0.3 is 5.97 Å². The van der Waals surface area contributed by atoms with E-state index in [1.165, 1.54) is 0 Å². The standard InChI is InChI=1S/C10H20N2O4/c1-10(2,12(3)4)7-11-8(13)5-16-6-9(14)15/h5-7H2,1-4H3,(H,11,13)(H,14,15). The Morgan fingerprint density at radius 1 is 1.31 bits per heavy atom. The van der Waals surface area contributed by atoms with Crippen LogP contribution in [0, 0.1) is 0 Å². The molecule has 0 unspecified atom stereocenters. The number of likely N-dealkylation sites (N-methyl/N-ethyl adjacent to an activating group) is 1. The summed E-state index contributed by atoms with van der Waals surface area (Å²) in [5.74, 6) is -1.39. The number of amides is 1. The summed E-state index contributed by atoms with van der Waals surface area (Å²) in [6, 6.07) is 0. The summed E-state index contributed by atoms with van der Waals surface area (Å²) >= 11 is 0. The molecule has 0 saturated carbocycles. The van der Waals surface area contributed by atoms with Crippen molar-refractivity contribution in [2.45, 2.75) is 19.4 Å². The van der Waals surface area contributed by atoms with Gasteiger partial charge in [-0.1, -0.05) is 0 Å². The van der Waals surface area contributed by atoms with Crippen LogP contribution in [0.15, 0.2) is 0 Å². The summed E-state index contributed by atoms with van der Waals surface area (Å²) < 4.78 is 4.66. The number of carboxylic acid groups (broad SMARTS) is 1. The Morgan fingerprint density at radius 3 is 2.31 bits per heavy atom. The molecule has 6 nitrogen and oxygen atoms in total. The summed E-state index contributed by atoms with van der Waals surface area (Å²) in [4.78, 5) is 23.4. The van der Waals surface area contributed by atoms with Crippen molar-refractivity contribution in [3.05, 3.63) is 0 Å². The first-order valence-corrected chi connectivity index (χ1v) is 4.99. The number of hydrogen-bond donors (Lipinski definition) is 2. The first kappa shape index (κ1) is 14.9. The van der Waals surface area contributed by atoms with Crippen LogP contribution in [-0.2, 0) is 14.3 Å². The van der Waals surface area contributed by atoms with Gasteiger partial charge in [-0.25, -0.2) is 4.79 Å². The van der Waals surface area contributed by atoms with Crippen LogP contribution in [0.25, 0.3) is 0 Å². The third kappa shape index (κ3) is 6.36. The third-order valence-corrected chi connectivity index (χ3v) is 2.39. The van der Waals surface area contributed by atoms with Gasteiger partial charge in [-0.2, -0.15) is 0 Å². The second kappa shape index (κ2) is 6.44. The SMILES string of the molecule is CN(C)C(C)(C)CNC(=O)COCC(=O)O. The van der Waals surface area contributed by atoms with E-state index < -0.39 is 12.6 Å². The van der Waals surface area contributed by atoms with Crippen LogP contribution >= 0.6 is 0 Å². The summed E-state index contributed by atoms with van der Waals surface area (Å²) in [5.41, 5.74) is -0.150. The largest absolute Gasteiger partial charge is 0.480 e. The zero-order valence-corrected chi connectivity index (χ0v) is 10.2. The smallest absolute Gasteiger partial charge is 0.329 e. The predicted molar refractivity (Wildman–Crippen MR) is 59.2 cm³/mol. The lowest BCUT2D eigenvalue weighted by molar-refractivity contribution is -0.143. The van der Waals surface area contributed by atoms with Crippen molar-refractivity contribution < 1.29 is 19.4 Å². The molecule has 0 rings (SSSR count). The average Bonchev–Trinajstić information content (AvgIpc) is 2.14. The minimum atomic E-state index is -1.08. The van der Waals surface area contributed by atoms with E-state index in [-0.39, 0.29) is 18.1 Å². The Hall–Kier alpha value is -1.14. The van der Waals surface area contributed by atoms with Gasteiger partial charge in [-0.15, -0.1) is 0 Å². The molecule has 0 radical (unpaired) electrons. The fraction of sp³-hybridized carbons (Fsp3) is 0.800. The number of carbonyl (C=O) groups is 2. The van der Waals surface area contributed by atoms with Gasteiger partial charge in [0.05, 0.1) is 0 Å². The first-order valence-electron chi connectivity index (χ1n) is 4.99. The summed E-state index contributed by atoms with van der Waals surface area (Å²) in [7, 11) is 3.85. The van der Waals surface area contributed by atoms with Crippen molar-refractivity contribution in [2.24, 2.45) is 0 Å². The van der Waals surface area contributed by atoms with Gasteiger partial charge in [0, 0.05) is 12.1 Å². The van der Waals surface area contributed by atoms with E-state index in [0.717, 1.165) is 0 Å². The predicted octanol–water partition coefficient (Wildman–Crippen LogP) is -0.456. The maximum absolute atomic E-state index is 11.2. The average molecular weight is 232 g/mol. The lowest BCUT2D eigenvalue weighted by atomic mass is 10.0. The first-order chi connectivity index (χ1) is 7.25. The molecule has 16 heavy (non-hydrogen) atoms. The molecule has 0 bridgehead atoms. The Bertz CT molecular complexity index is 251. The van der Waals surface area contributed by atoms with Gasteiger partial charge in [0.15, 0.2) is 0 Å². The fourth-order valence-corrected chi connectivity index (χ4v) is 0.755. The number of nitrogens with one attached hydrogen (secondary N) is 1. The van der Waals surface area contributed by atoms with Crippen molar-refractivity contribution in [1.82, 2.24) is 10.2 Å². The van der Waals surface area contributed by atoms with Crippen molar-refractivity contribution in [1.29, 1.82) is 0 Å². The fourth-order valence-electron chi connectivity index (χ4n) is 0.755. The van der Waals surface area contributed by atoms with Gasteiger partial charge in [-0.3, -0.25) is 4.79 Å². The Kier molecular flexibility index (Phi) is 5.98. The van der Waals surface area contributed by atoms with E-state index in [4.69, 9.17) is 5.11 Å². The maximum atomic E-state index is 11.2. The van der Waals surface area contributed by atoms with Crippen molar-refractivity contribution in [3.8, 4) is 0 Å². The second-order valence-corrected chi connectivity index (χ2v) is 4.37. The number of nitrogens with zero attached hydrogens (tertiary/aromatic N) is 1. The number of rotatable bonds is 7. The lowest BCUT2D eigenvalue weighted by Crippen LogP contribution is -2.48.